The first-order valence-electron chi connectivity index (χ1n) is 10.3. The number of hydrogen-bond donors (Lipinski definition) is 3. The highest BCUT2D eigenvalue weighted by atomic mass is 79.9. The van der Waals surface area contributed by atoms with Crippen LogP contribution >= 0.6 is 15.9 Å². The maximum absolute atomic E-state index is 17.1. The van der Waals surface area contributed by atoms with Gasteiger partial charge in [-0.25, -0.2) is 8.78 Å². The van der Waals surface area contributed by atoms with Gasteiger partial charge in [0.1, 0.15) is 18.4 Å². The zero-order valence-corrected chi connectivity index (χ0v) is 18.7. The van der Waals surface area contributed by atoms with Crippen LogP contribution in [-0.4, -0.2) is 61.9 Å². The van der Waals surface area contributed by atoms with Crippen LogP contribution in [0.4, 0.5) is 8.78 Å². The minimum Gasteiger partial charge on any atom is -0.390 e. The van der Waals surface area contributed by atoms with Gasteiger partial charge in [-0.05, 0) is 49.3 Å². The molecule has 10 atom stereocenters. The van der Waals surface area contributed by atoms with Crippen LogP contribution in [0.1, 0.15) is 33.6 Å². The first kappa shape index (κ1) is 22.2. The van der Waals surface area contributed by atoms with E-state index in [1.807, 2.05) is 0 Å². The van der Waals surface area contributed by atoms with Gasteiger partial charge in [-0.1, -0.05) is 35.9 Å². The van der Waals surface area contributed by atoms with Gasteiger partial charge in [0.15, 0.2) is 17.2 Å². The predicted octanol–water partition coefficient (Wildman–Crippen LogP) is 2.22. The number of alkyl halides is 3. The fourth-order valence-corrected chi connectivity index (χ4v) is 8.23. The summed E-state index contributed by atoms with van der Waals surface area (Å²) >= 11 is 3.32. The van der Waals surface area contributed by atoms with Crippen molar-refractivity contribution in [1.82, 2.24) is 0 Å². The number of fused-ring (bicyclic) bond motifs is 5. The maximum Gasteiger partial charge on any atom is 0.190 e. The van der Waals surface area contributed by atoms with Gasteiger partial charge in [0, 0.05) is 16.7 Å². The van der Waals surface area contributed by atoms with Crippen LogP contribution in [0.15, 0.2) is 23.8 Å². The van der Waals surface area contributed by atoms with Crippen molar-refractivity contribution < 1.29 is 33.7 Å². The van der Waals surface area contributed by atoms with E-state index in [2.05, 4.69) is 15.9 Å². The van der Waals surface area contributed by atoms with Gasteiger partial charge in [-0.15, -0.1) is 0 Å². The lowest BCUT2D eigenvalue weighted by molar-refractivity contribution is -0.221. The van der Waals surface area contributed by atoms with Crippen LogP contribution in [-0.2, 0) is 9.59 Å². The normalized spacial score (nSPS) is 54.8. The molecule has 0 spiro atoms. The van der Waals surface area contributed by atoms with Crippen LogP contribution in [0.2, 0.25) is 0 Å². The van der Waals surface area contributed by atoms with E-state index in [1.165, 1.54) is 19.1 Å². The lowest BCUT2D eigenvalue weighted by atomic mass is 9.44. The first-order chi connectivity index (χ1) is 13.8. The zero-order valence-electron chi connectivity index (χ0n) is 17.1. The molecule has 8 heteroatoms. The second-order valence-corrected chi connectivity index (χ2v) is 11.0. The fraction of sp³-hybridized carbons (Fsp3) is 0.727. The Balaban J connectivity index is 1.92. The third-order valence-corrected chi connectivity index (χ3v) is 9.83. The number of carbonyl (C=O) groups is 2. The number of carbonyl (C=O) groups excluding carboxylic acids is 2. The summed E-state index contributed by atoms with van der Waals surface area (Å²) in [5.74, 6) is -3.50. The molecule has 3 saturated carbocycles. The van der Waals surface area contributed by atoms with Crippen LogP contribution < -0.4 is 0 Å². The molecule has 30 heavy (non-hydrogen) atoms. The predicted molar refractivity (Wildman–Crippen MR) is 108 cm³/mol. The molecular weight excluding hydrogens is 462 g/mol. The van der Waals surface area contributed by atoms with Gasteiger partial charge >= 0.3 is 0 Å². The Kier molecular flexibility index (Phi) is 4.84. The van der Waals surface area contributed by atoms with Crippen molar-refractivity contribution in [2.75, 3.05) is 6.61 Å². The van der Waals surface area contributed by atoms with Gasteiger partial charge in [0.05, 0.1) is 10.9 Å². The molecule has 166 valence electrons. The van der Waals surface area contributed by atoms with E-state index in [0.29, 0.717) is 0 Å². The largest absolute Gasteiger partial charge is 0.390 e. The molecule has 0 unspecified atom stereocenters. The van der Waals surface area contributed by atoms with Gasteiger partial charge < -0.3 is 15.3 Å². The third-order valence-electron chi connectivity index (χ3n) is 8.79. The summed E-state index contributed by atoms with van der Waals surface area (Å²) < 4.78 is 32.7. The number of aliphatic hydroxyl groups is 3. The number of Topliss-reactive ketones (excluding diaryl/α,β-unsaturated/α-hetero) is 1. The summed E-state index contributed by atoms with van der Waals surface area (Å²) in [5.41, 5.74) is -7.07. The molecule has 3 fully saturated rings. The topological polar surface area (TPSA) is 94.8 Å². The first-order valence-corrected chi connectivity index (χ1v) is 11.2. The molecule has 0 radical (unpaired) electrons. The Morgan fingerprint density at radius 3 is 2.60 bits per heavy atom. The molecule has 4 aliphatic rings. The number of allylic oxidation sites excluding steroid dienone is 4. The minimum atomic E-state index is -2.32. The van der Waals surface area contributed by atoms with E-state index in [4.69, 9.17) is 0 Å². The Hall–Kier alpha value is -0.960. The summed E-state index contributed by atoms with van der Waals surface area (Å²) in [7, 11) is 0. The van der Waals surface area contributed by atoms with Crippen LogP contribution in [0.3, 0.4) is 0 Å². The molecule has 5 nitrogen and oxygen atoms in total. The highest BCUT2D eigenvalue weighted by Gasteiger charge is 2.78. The zero-order chi connectivity index (χ0) is 22.4. The van der Waals surface area contributed by atoms with Crippen LogP contribution in [0, 0.1) is 28.6 Å². The second-order valence-electron chi connectivity index (χ2n) is 9.91. The monoisotopic (exact) mass is 488 g/mol. The quantitative estimate of drug-likeness (QED) is 0.518. The van der Waals surface area contributed by atoms with Gasteiger partial charge in [0.2, 0.25) is 0 Å². The Bertz CT molecular complexity index is 876. The Morgan fingerprint density at radius 2 is 2.00 bits per heavy atom. The van der Waals surface area contributed by atoms with E-state index in [-0.39, 0.29) is 18.4 Å². The van der Waals surface area contributed by atoms with E-state index in [9.17, 15) is 24.9 Å². The highest BCUT2D eigenvalue weighted by Crippen LogP contribution is 2.71. The molecule has 0 heterocycles. The summed E-state index contributed by atoms with van der Waals surface area (Å²) in [4.78, 5) is 23.5. The lowest BCUT2D eigenvalue weighted by Gasteiger charge is -2.64. The van der Waals surface area contributed by atoms with Crippen molar-refractivity contribution in [3.05, 3.63) is 23.8 Å². The second kappa shape index (κ2) is 6.53. The minimum absolute atomic E-state index is 0.00832. The number of halogens is 3. The van der Waals surface area contributed by atoms with Gasteiger partial charge in [-0.3, -0.25) is 9.59 Å². The van der Waals surface area contributed by atoms with Crippen LogP contribution in [0.5, 0.6) is 0 Å². The molecule has 3 N–H and O–H groups in total. The SMILES string of the molecule is C[C@@H]1C[C@H]2[C@@H]3[C@H](Br)[C@@H](F)C4=CC(=O)C=C[C@]4(C)[C@@]3(F)[C@@H](O)C[C@]2(C)[C@@]1(O)C(=O)CO. The highest BCUT2D eigenvalue weighted by molar-refractivity contribution is 9.09. The van der Waals surface area contributed by atoms with E-state index < -0.39 is 75.1 Å². The molecule has 0 aromatic heterocycles. The number of ketones is 2. The van der Waals surface area contributed by atoms with Crippen molar-refractivity contribution in [2.45, 2.75) is 62.0 Å². The molecule has 4 rings (SSSR count). The molecule has 0 amide bonds. The van der Waals surface area contributed by atoms with Crippen LogP contribution in [0.25, 0.3) is 0 Å². The average Bonchev–Trinajstić information content (AvgIpc) is 2.89. The lowest BCUT2D eigenvalue weighted by Crippen LogP contribution is -2.73. The molecule has 0 aromatic carbocycles. The van der Waals surface area contributed by atoms with Crippen molar-refractivity contribution in [1.29, 1.82) is 0 Å². The fourth-order valence-electron chi connectivity index (χ4n) is 7.20. The standard InChI is InChI=1S/C22H27BrF2O5/c1-10-6-12-16-17(23)18(24)13-7-11(27)4-5-19(13,2)21(16,25)14(28)8-20(12,3)22(10,30)15(29)9-26/h4-5,7,10,12,14,16-18,26,28,30H,6,8-9H2,1-3H3/t10-,12+,14+,16-,17+,18+,19+,20+,21-,22+/m1/s1. The van der Waals surface area contributed by atoms with Gasteiger partial charge in [-0.2, -0.15) is 0 Å². The molecule has 0 saturated heterocycles. The Labute approximate surface area is 182 Å². The Morgan fingerprint density at radius 1 is 1.37 bits per heavy atom. The van der Waals surface area contributed by atoms with E-state index in [1.54, 1.807) is 13.8 Å². The molecule has 0 aliphatic heterocycles. The number of aliphatic hydroxyl groups excluding tert-OH is 2. The molecule has 4 aliphatic carbocycles. The molecule has 0 bridgehead atoms. The van der Waals surface area contributed by atoms with E-state index in [0.717, 1.165) is 6.08 Å². The summed E-state index contributed by atoms with van der Waals surface area (Å²) in [6.07, 6.45) is 0.383. The summed E-state index contributed by atoms with van der Waals surface area (Å²) in [6.45, 7) is 3.91. The van der Waals surface area contributed by atoms with Crippen molar-refractivity contribution in [3.8, 4) is 0 Å². The van der Waals surface area contributed by atoms with Crippen molar-refractivity contribution in [2.24, 2.45) is 28.6 Å². The summed E-state index contributed by atoms with van der Waals surface area (Å²) in [6, 6.07) is 0. The van der Waals surface area contributed by atoms with Gasteiger partial charge in [0.25, 0.3) is 0 Å². The summed E-state index contributed by atoms with van der Waals surface area (Å²) in [5, 5.41) is 32.1. The third kappa shape index (κ3) is 2.26. The van der Waals surface area contributed by atoms with E-state index >= 15 is 8.78 Å². The number of hydrogen-bond acceptors (Lipinski definition) is 5. The average molecular weight is 489 g/mol. The number of rotatable bonds is 2. The maximum atomic E-state index is 17.1. The molecular formula is C22H27BrF2O5. The smallest absolute Gasteiger partial charge is 0.190 e. The van der Waals surface area contributed by atoms with Crippen molar-refractivity contribution in [3.63, 3.8) is 0 Å². The van der Waals surface area contributed by atoms with Crippen molar-refractivity contribution >= 4 is 27.5 Å². The molecule has 0 aromatic rings.